The number of aryl methyl sites for hydroxylation is 2. The van der Waals surface area contributed by atoms with Gasteiger partial charge in [-0.15, -0.1) is 23.2 Å². The normalized spacial score (nSPS) is 10.6. The predicted octanol–water partition coefficient (Wildman–Crippen LogP) is 5.72. The Morgan fingerprint density at radius 1 is 1.07 bits per heavy atom. The number of unbranched alkanes of at least 4 members (excludes halogenated alkanes) is 1. The molecule has 156 valence electrons. The molecule has 8 heteroatoms. The Morgan fingerprint density at radius 2 is 1.83 bits per heavy atom. The van der Waals surface area contributed by atoms with Crippen LogP contribution in [0.15, 0.2) is 33.8 Å². The molecule has 3 aromatic rings. The number of carbonyl (C=O) groups is 1. The van der Waals surface area contributed by atoms with Gasteiger partial charge in [0.2, 0.25) is 5.91 Å². The minimum atomic E-state index is -0.0770. The van der Waals surface area contributed by atoms with Crippen molar-refractivity contribution in [1.82, 2.24) is 15.0 Å². The minimum Gasteiger partial charge on any atom is -0.325 e. The van der Waals surface area contributed by atoms with Crippen molar-refractivity contribution in [3.8, 4) is 11.8 Å². The molecule has 1 amide bonds. The number of rotatable bonds is 8. The molecule has 2 heterocycles. The van der Waals surface area contributed by atoms with E-state index in [2.05, 4.69) is 39.0 Å². The molecule has 0 fully saturated rings. The summed E-state index contributed by atoms with van der Waals surface area (Å²) in [6.45, 7) is 5.99. The predicted molar refractivity (Wildman–Crippen MR) is 129 cm³/mol. The third-order valence-corrected chi connectivity index (χ3v) is 6.91. The van der Waals surface area contributed by atoms with Gasteiger partial charge in [-0.2, -0.15) is 0 Å². The van der Waals surface area contributed by atoms with Crippen molar-refractivity contribution in [2.45, 2.75) is 49.5 Å². The number of nitrogens with one attached hydrogen (secondary N) is 1. The lowest BCUT2D eigenvalue weighted by atomic mass is 10.3. The molecule has 0 radical (unpaired) electrons. The third kappa shape index (κ3) is 7.01. The molecule has 0 atom stereocenters. The highest BCUT2D eigenvalue weighted by Crippen LogP contribution is 2.31. The Morgan fingerprint density at radius 3 is 2.60 bits per heavy atom. The zero-order valence-corrected chi connectivity index (χ0v) is 19.8. The van der Waals surface area contributed by atoms with Crippen LogP contribution in [-0.2, 0) is 4.79 Å². The number of thioether (sulfide) groups is 2. The van der Waals surface area contributed by atoms with Crippen molar-refractivity contribution < 1.29 is 4.79 Å². The first-order valence-corrected chi connectivity index (χ1v) is 12.6. The van der Waals surface area contributed by atoms with Gasteiger partial charge in [-0.25, -0.2) is 15.0 Å². The maximum atomic E-state index is 12.3. The van der Waals surface area contributed by atoms with Crippen LogP contribution in [0.3, 0.4) is 0 Å². The molecule has 0 aliphatic heterocycles. The molecule has 5 nitrogen and oxygen atoms in total. The second kappa shape index (κ2) is 11.3. The van der Waals surface area contributed by atoms with Crippen LogP contribution in [0.1, 0.15) is 37.6 Å². The number of carbonyl (C=O) groups excluding carboxylic acids is 1. The molecular weight excluding hydrogens is 432 g/mol. The number of hydrogen-bond acceptors (Lipinski definition) is 7. The van der Waals surface area contributed by atoms with E-state index in [0.717, 1.165) is 56.6 Å². The van der Waals surface area contributed by atoms with Gasteiger partial charge < -0.3 is 5.32 Å². The highest BCUT2D eigenvalue weighted by molar-refractivity contribution is 8.01. The Bertz CT molecular complexity index is 1060. The fourth-order valence-electron chi connectivity index (χ4n) is 2.62. The van der Waals surface area contributed by atoms with Crippen molar-refractivity contribution in [2.75, 3.05) is 16.8 Å². The maximum absolute atomic E-state index is 12.3. The van der Waals surface area contributed by atoms with E-state index in [1.54, 1.807) is 23.1 Å². The molecule has 0 saturated carbocycles. The van der Waals surface area contributed by atoms with Crippen molar-refractivity contribution in [2.24, 2.45) is 0 Å². The topological polar surface area (TPSA) is 67.8 Å². The summed E-state index contributed by atoms with van der Waals surface area (Å²) in [6, 6.07) is 7.74. The van der Waals surface area contributed by atoms with Crippen LogP contribution in [-0.4, -0.2) is 32.4 Å². The second-order valence-electron chi connectivity index (χ2n) is 6.63. The van der Waals surface area contributed by atoms with Gasteiger partial charge >= 0.3 is 0 Å². The summed E-state index contributed by atoms with van der Waals surface area (Å²) >= 11 is 4.72. The fraction of sp³-hybridized carbons (Fsp3) is 0.364. The largest absolute Gasteiger partial charge is 0.325 e. The average molecular weight is 457 g/mol. The van der Waals surface area contributed by atoms with Crippen LogP contribution in [0, 0.1) is 25.7 Å². The average Bonchev–Trinajstić information content (AvgIpc) is 3.10. The van der Waals surface area contributed by atoms with Crippen molar-refractivity contribution in [1.29, 1.82) is 0 Å². The van der Waals surface area contributed by atoms with Crippen LogP contribution in [0.2, 0.25) is 0 Å². The van der Waals surface area contributed by atoms with Gasteiger partial charge in [0, 0.05) is 35.7 Å². The third-order valence-electron chi connectivity index (χ3n) is 3.90. The summed E-state index contributed by atoms with van der Waals surface area (Å²) in [5.41, 5.74) is 3.54. The highest BCUT2D eigenvalue weighted by Gasteiger charge is 2.09. The lowest BCUT2D eigenvalue weighted by molar-refractivity contribution is -0.113. The first-order chi connectivity index (χ1) is 14.5. The molecule has 3 rings (SSSR count). The van der Waals surface area contributed by atoms with Gasteiger partial charge in [-0.1, -0.05) is 30.4 Å². The zero-order valence-electron chi connectivity index (χ0n) is 17.3. The van der Waals surface area contributed by atoms with E-state index in [1.165, 1.54) is 11.8 Å². The maximum Gasteiger partial charge on any atom is 0.234 e. The van der Waals surface area contributed by atoms with E-state index >= 15 is 0 Å². The summed E-state index contributed by atoms with van der Waals surface area (Å²) in [5.74, 6) is 7.50. The number of anilines is 1. The molecule has 0 spiro atoms. The number of aromatic nitrogens is 3. The monoisotopic (exact) mass is 456 g/mol. The quantitative estimate of drug-likeness (QED) is 0.202. The minimum absolute atomic E-state index is 0.0770. The number of hydrogen-bond donors (Lipinski definition) is 1. The molecule has 1 aromatic carbocycles. The van der Waals surface area contributed by atoms with Gasteiger partial charge in [0.25, 0.3) is 0 Å². The molecule has 0 saturated heterocycles. The van der Waals surface area contributed by atoms with E-state index in [-0.39, 0.29) is 11.7 Å². The summed E-state index contributed by atoms with van der Waals surface area (Å²) < 4.78 is 2.10. The molecule has 30 heavy (non-hydrogen) atoms. The van der Waals surface area contributed by atoms with Crippen molar-refractivity contribution in [3.05, 3.63) is 35.7 Å². The summed E-state index contributed by atoms with van der Waals surface area (Å²) in [5, 5.41) is 3.58. The van der Waals surface area contributed by atoms with Gasteiger partial charge in [0.05, 0.1) is 16.0 Å². The first-order valence-electron chi connectivity index (χ1n) is 9.77. The van der Waals surface area contributed by atoms with Gasteiger partial charge in [-0.05, 0) is 44.5 Å². The van der Waals surface area contributed by atoms with E-state index in [0.29, 0.717) is 5.16 Å². The fourth-order valence-corrected chi connectivity index (χ4v) is 5.40. The van der Waals surface area contributed by atoms with Gasteiger partial charge in [0.1, 0.15) is 0 Å². The lowest BCUT2D eigenvalue weighted by Crippen LogP contribution is -2.14. The van der Waals surface area contributed by atoms with E-state index in [9.17, 15) is 4.79 Å². The van der Waals surface area contributed by atoms with Crippen LogP contribution in [0.4, 0.5) is 5.69 Å². The van der Waals surface area contributed by atoms with Crippen LogP contribution < -0.4 is 5.32 Å². The molecule has 1 N–H and O–H groups in total. The lowest BCUT2D eigenvalue weighted by Gasteiger charge is -2.05. The molecule has 0 aliphatic rings. The van der Waals surface area contributed by atoms with Crippen LogP contribution in [0.25, 0.3) is 10.2 Å². The molecule has 2 aromatic heterocycles. The van der Waals surface area contributed by atoms with Crippen molar-refractivity contribution >= 4 is 56.7 Å². The molecule has 0 aliphatic carbocycles. The number of thiazole rings is 1. The SMILES string of the molecule is CCCC#CCCSc1nc2ccc(NC(=O)CSc3nc(C)cc(C)n3)cc2s1. The van der Waals surface area contributed by atoms with E-state index < -0.39 is 0 Å². The van der Waals surface area contributed by atoms with Crippen LogP contribution >= 0.6 is 34.9 Å². The van der Waals surface area contributed by atoms with Crippen LogP contribution in [0.5, 0.6) is 0 Å². The Balaban J connectivity index is 1.53. The second-order valence-corrected chi connectivity index (χ2v) is 9.95. The van der Waals surface area contributed by atoms with Crippen molar-refractivity contribution in [3.63, 3.8) is 0 Å². The summed E-state index contributed by atoms with van der Waals surface area (Å²) in [7, 11) is 0. The number of nitrogens with zero attached hydrogens (tertiary/aromatic N) is 3. The number of amides is 1. The van der Waals surface area contributed by atoms with Gasteiger partial charge in [0.15, 0.2) is 9.50 Å². The summed E-state index contributed by atoms with van der Waals surface area (Å²) in [6.07, 6.45) is 2.95. The Labute approximate surface area is 189 Å². The summed E-state index contributed by atoms with van der Waals surface area (Å²) in [4.78, 5) is 25.7. The smallest absolute Gasteiger partial charge is 0.234 e. The zero-order chi connectivity index (χ0) is 21.3. The molecular formula is C22H24N4OS3. The van der Waals surface area contributed by atoms with E-state index in [1.807, 2.05) is 38.1 Å². The Hall–Kier alpha value is -2.08. The number of fused-ring (bicyclic) bond motifs is 1. The number of benzene rings is 1. The standard InChI is InChI=1S/C22H24N4OS3/c1-4-5-6-7-8-11-28-22-26-18-10-9-17(13-19(18)30-22)25-20(27)14-29-21-23-15(2)12-16(3)24-21/h9-10,12-13H,4-5,8,11,14H2,1-3H3,(H,25,27). The highest BCUT2D eigenvalue weighted by atomic mass is 32.2. The Kier molecular flexibility index (Phi) is 8.55. The molecule has 0 unspecified atom stereocenters. The van der Waals surface area contributed by atoms with Gasteiger partial charge in [-0.3, -0.25) is 4.79 Å². The first kappa shape index (κ1) is 22.6. The van der Waals surface area contributed by atoms with E-state index in [4.69, 9.17) is 0 Å². The molecule has 0 bridgehead atoms.